The van der Waals surface area contributed by atoms with Crippen molar-refractivity contribution in [3.05, 3.63) is 109 Å². The predicted molar refractivity (Wildman–Crippen MR) is 123 cm³/mol. The SMILES string of the molecule is C=C=C[C@@H](O)c1ccc(O[Si](c2ccccc2)(c2ccccc2)C(C)(C)C)cc1. The first kappa shape index (κ1) is 20.9. The van der Waals surface area contributed by atoms with E-state index in [1.165, 1.54) is 16.4 Å². The van der Waals surface area contributed by atoms with Gasteiger partial charge in [-0.2, -0.15) is 0 Å². The van der Waals surface area contributed by atoms with Crippen LogP contribution in [-0.4, -0.2) is 13.4 Å². The summed E-state index contributed by atoms with van der Waals surface area (Å²) in [6.07, 6.45) is 0.826. The smallest absolute Gasteiger partial charge is 0.319 e. The van der Waals surface area contributed by atoms with Gasteiger partial charge in [0.15, 0.2) is 0 Å². The van der Waals surface area contributed by atoms with Crippen molar-refractivity contribution in [2.45, 2.75) is 31.9 Å². The summed E-state index contributed by atoms with van der Waals surface area (Å²) in [6.45, 7) is 10.3. The van der Waals surface area contributed by atoms with Crippen LogP contribution in [0.4, 0.5) is 0 Å². The Balaban J connectivity index is 2.12. The lowest BCUT2D eigenvalue weighted by Gasteiger charge is -2.43. The van der Waals surface area contributed by atoms with Crippen LogP contribution in [0.1, 0.15) is 32.4 Å². The molecule has 0 radical (unpaired) electrons. The van der Waals surface area contributed by atoms with E-state index in [1.807, 2.05) is 36.4 Å². The Morgan fingerprint density at radius 3 is 1.76 bits per heavy atom. The fraction of sp³-hybridized carbons (Fsp3) is 0.192. The van der Waals surface area contributed by atoms with E-state index in [0.29, 0.717) is 0 Å². The molecule has 3 heteroatoms. The van der Waals surface area contributed by atoms with E-state index in [1.54, 1.807) is 0 Å². The molecule has 148 valence electrons. The molecule has 0 saturated carbocycles. The van der Waals surface area contributed by atoms with Gasteiger partial charge in [-0.3, -0.25) is 0 Å². The summed E-state index contributed by atoms with van der Waals surface area (Å²) in [4.78, 5) is 0. The van der Waals surface area contributed by atoms with E-state index in [2.05, 4.69) is 81.6 Å². The lowest BCUT2D eigenvalue weighted by molar-refractivity contribution is 0.229. The highest BCUT2D eigenvalue weighted by atomic mass is 28.4. The number of aliphatic hydroxyl groups excluding tert-OH is 1. The summed E-state index contributed by atoms with van der Waals surface area (Å²) < 4.78 is 6.95. The second-order valence-electron chi connectivity index (χ2n) is 8.15. The molecule has 0 fully saturated rings. The Morgan fingerprint density at radius 1 is 0.862 bits per heavy atom. The van der Waals surface area contributed by atoms with Crippen LogP contribution in [0, 0.1) is 0 Å². The first-order valence-electron chi connectivity index (χ1n) is 9.82. The summed E-state index contributed by atoms with van der Waals surface area (Å²) in [6, 6.07) is 28.8. The van der Waals surface area contributed by atoms with Crippen LogP contribution in [0.3, 0.4) is 0 Å². The quantitative estimate of drug-likeness (QED) is 0.466. The predicted octanol–water partition coefficient (Wildman–Crippen LogP) is 5.00. The molecule has 2 nitrogen and oxygen atoms in total. The third kappa shape index (κ3) is 4.28. The molecule has 3 aromatic rings. The number of benzene rings is 3. The van der Waals surface area contributed by atoms with Crippen LogP contribution < -0.4 is 14.8 Å². The van der Waals surface area contributed by atoms with Gasteiger partial charge in [0, 0.05) is 0 Å². The molecule has 1 atom stereocenters. The molecule has 0 bridgehead atoms. The Morgan fingerprint density at radius 2 is 1.34 bits per heavy atom. The van der Waals surface area contributed by atoms with Gasteiger partial charge in [0.2, 0.25) is 0 Å². The molecule has 0 spiro atoms. The minimum atomic E-state index is -2.64. The fourth-order valence-electron chi connectivity index (χ4n) is 3.77. The zero-order chi connectivity index (χ0) is 20.9. The molecule has 29 heavy (non-hydrogen) atoms. The van der Waals surface area contributed by atoms with Crippen LogP contribution in [-0.2, 0) is 0 Å². The molecule has 0 aromatic heterocycles. The van der Waals surface area contributed by atoms with Gasteiger partial charge in [-0.1, -0.05) is 100 Å². The van der Waals surface area contributed by atoms with Crippen molar-refractivity contribution in [1.29, 1.82) is 0 Å². The Kier molecular flexibility index (Phi) is 6.24. The van der Waals surface area contributed by atoms with Crippen LogP contribution in [0.25, 0.3) is 0 Å². The summed E-state index contributed by atoms with van der Waals surface area (Å²) in [5.74, 6) is 0.804. The number of hydrogen-bond donors (Lipinski definition) is 1. The van der Waals surface area contributed by atoms with E-state index < -0.39 is 14.4 Å². The molecular weight excluding hydrogens is 372 g/mol. The highest BCUT2D eigenvalue weighted by Gasteiger charge is 2.52. The third-order valence-electron chi connectivity index (χ3n) is 5.19. The van der Waals surface area contributed by atoms with E-state index in [-0.39, 0.29) is 5.04 Å². The van der Waals surface area contributed by atoms with Gasteiger partial charge < -0.3 is 9.53 Å². The maximum atomic E-state index is 10.1. The number of rotatable bonds is 6. The van der Waals surface area contributed by atoms with Gasteiger partial charge in [-0.25, -0.2) is 0 Å². The highest BCUT2D eigenvalue weighted by molar-refractivity contribution is 7.00. The minimum absolute atomic E-state index is 0.0977. The van der Waals surface area contributed by atoms with Gasteiger partial charge in [-0.15, -0.1) is 5.73 Å². The van der Waals surface area contributed by atoms with Crippen LogP contribution >= 0.6 is 0 Å². The monoisotopic (exact) mass is 400 g/mol. The maximum absolute atomic E-state index is 10.1. The van der Waals surface area contributed by atoms with E-state index in [0.717, 1.165) is 11.3 Å². The summed E-state index contributed by atoms with van der Waals surface area (Å²) in [5, 5.41) is 12.5. The first-order valence-corrected chi connectivity index (χ1v) is 11.7. The summed E-state index contributed by atoms with van der Waals surface area (Å²) in [7, 11) is -2.64. The standard InChI is InChI=1S/C26H28O2Si/c1-5-12-25(27)21-17-19-22(20-18-21)28-29(26(2,3)4,23-13-8-6-9-14-23)24-15-10-7-11-16-24/h6-20,25,27H,1H2,2-4H3/t25-/m1/s1. The zero-order valence-corrected chi connectivity index (χ0v) is 18.3. The maximum Gasteiger partial charge on any atom is 0.319 e. The van der Waals surface area contributed by atoms with Gasteiger partial charge in [0.25, 0.3) is 0 Å². The second kappa shape index (κ2) is 8.67. The zero-order valence-electron chi connectivity index (χ0n) is 17.3. The molecule has 0 heterocycles. The summed E-state index contributed by atoms with van der Waals surface area (Å²) in [5.41, 5.74) is 3.42. The van der Waals surface area contributed by atoms with Crippen molar-refractivity contribution in [2.75, 3.05) is 0 Å². The highest BCUT2D eigenvalue weighted by Crippen LogP contribution is 2.37. The molecular formula is C26H28O2Si. The van der Waals surface area contributed by atoms with E-state index >= 15 is 0 Å². The van der Waals surface area contributed by atoms with Crippen molar-refractivity contribution >= 4 is 18.7 Å². The van der Waals surface area contributed by atoms with Crippen molar-refractivity contribution < 1.29 is 9.53 Å². The largest absolute Gasteiger partial charge is 0.534 e. The number of hydrogen-bond acceptors (Lipinski definition) is 2. The molecule has 0 aliphatic carbocycles. The van der Waals surface area contributed by atoms with Gasteiger partial charge in [0.05, 0.1) is 0 Å². The van der Waals surface area contributed by atoms with Gasteiger partial charge >= 0.3 is 8.32 Å². The lowest BCUT2D eigenvalue weighted by atomic mass is 10.1. The van der Waals surface area contributed by atoms with Crippen LogP contribution in [0.5, 0.6) is 5.75 Å². The van der Waals surface area contributed by atoms with Crippen LogP contribution in [0.2, 0.25) is 5.04 Å². The molecule has 0 saturated heterocycles. The molecule has 3 rings (SSSR count). The van der Waals surface area contributed by atoms with Crippen molar-refractivity contribution in [1.82, 2.24) is 0 Å². The van der Waals surface area contributed by atoms with Crippen molar-refractivity contribution in [2.24, 2.45) is 0 Å². The molecule has 0 unspecified atom stereocenters. The Bertz CT molecular complexity index is 927. The topological polar surface area (TPSA) is 29.5 Å². The fourth-order valence-corrected chi connectivity index (χ4v) is 8.19. The minimum Gasteiger partial charge on any atom is -0.534 e. The normalized spacial score (nSPS) is 12.7. The average molecular weight is 401 g/mol. The van der Waals surface area contributed by atoms with E-state index in [9.17, 15) is 5.11 Å². The molecule has 0 aliphatic rings. The van der Waals surface area contributed by atoms with Gasteiger partial charge in [-0.05, 0) is 39.2 Å². The van der Waals surface area contributed by atoms with Gasteiger partial charge in [0.1, 0.15) is 11.9 Å². The molecule has 0 amide bonds. The van der Waals surface area contributed by atoms with Crippen LogP contribution in [0.15, 0.2) is 103 Å². The Labute approximate surface area is 174 Å². The second-order valence-corrected chi connectivity index (χ2v) is 12.4. The van der Waals surface area contributed by atoms with E-state index in [4.69, 9.17) is 4.43 Å². The lowest BCUT2D eigenvalue weighted by Crippen LogP contribution is -2.68. The summed E-state index contributed by atoms with van der Waals surface area (Å²) >= 11 is 0. The Hall–Kier alpha value is -2.84. The number of aliphatic hydroxyl groups is 1. The van der Waals surface area contributed by atoms with Crippen molar-refractivity contribution in [3.8, 4) is 5.75 Å². The molecule has 1 N–H and O–H groups in total. The molecule has 0 aliphatic heterocycles. The average Bonchev–Trinajstić information content (AvgIpc) is 2.73. The first-order chi connectivity index (χ1) is 13.9. The third-order valence-corrected chi connectivity index (χ3v) is 10.1. The van der Waals surface area contributed by atoms with Crippen molar-refractivity contribution in [3.63, 3.8) is 0 Å². The molecule has 3 aromatic carbocycles.